The summed E-state index contributed by atoms with van der Waals surface area (Å²) in [5.41, 5.74) is 4.84. The molecule has 1 fully saturated rings. The Morgan fingerprint density at radius 3 is 2.37 bits per heavy atom. The third-order valence-electron chi connectivity index (χ3n) is 3.58. The van der Waals surface area contributed by atoms with Crippen LogP contribution in [0.15, 0.2) is 5.16 Å². The van der Waals surface area contributed by atoms with Crippen LogP contribution in [0.1, 0.15) is 12.8 Å². The third-order valence-corrected chi connectivity index (χ3v) is 3.58. The van der Waals surface area contributed by atoms with Gasteiger partial charge in [-0.25, -0.2) is 0 Å². The summed E-state index contributed by atoms with van der Waals surface area (Å²) in [6, 6.07) is 0. The maximum Gasteiger partial charge on any atom is 0.236 e. The molecule has 19 heavy (non-hydrogen) atoms. The van der Waals surface area contributed by atoms with Crippen molar-refractivity contribution in [3.05, 3.63) is 0 Å². The van der Waals surface area contributed by atoms with Crippen LogP contribution in [0.5, 0.6) is 0 Å². The van der Waals surface area contributed by atoms with Gasteiger partial charge >= 0.3 is 0 Å². The van der Waals surface area contributed by atoms with Crippen LogP contribution in [0.2, 0.25) is 0 Å². The Balaban J connectivity index is 2.83. The van der Waals surface area contributed by atoms with Gasteiger partial charge in [0, 0.05) is 33.4 Å². The van der Waals surface area contributed by atoms with Crippen LogP contribution < -0.4 is 5.73 Å². The number of rotatable bonds is 5. The van der Waals surface area contributed by atoms with Gasteiger partial charge in [-0.2, -0.15) is 0 Å². The van der Waals surface area contributed by atoms with Gasteiger partial charge in [-0.1, -0.05) is 5.16 Å². The minimum atomic E-state index is -0.923. The van der Waals surface area contributed by atoms with Gasteiger partial charge in [-0.15, -0.1) is 0 Å². The van der Waals surface area contributed by atoms with E-state index >= 15 is 0 Å². The molecular formula is C12H24N4O3. The lowest BCUT2D eigenvalue weighted by Crippen LogP contribution is -2.53. The van der Waals surface area contributed by atoms with Crippen LogP contribution in [0.3, 0.4) is 0 Å². The van der Waals surface area contributed by atoms with Gasteiger partial charge in [0.1, 0.15) is 5.41 Å². The van der Waals surface area contributed by atoms with E-state index < -0.39 is 5.41 Å². The van der Waals surface area contributed by atoms with E-state index in [1.54, 1.807) is 11.9 Å². The Morgan fingerprint density at radius 2 is 1.89 bits per heavy atom. The van der Waals surface area contributed by atoms with E-state index in [0.717, 1.165) is 6.54 Å². The molecule has 0 spiro atoms. The number of hydrogen-bond donors (Lipinski definition) is 2. The van der Waals surface area contributed by atoms with Gasteiger partial charge in [0.05, 0.1) is 0 Å². The molecule has 110 valence electrons. The van der Waals surface area contributed by atoms with Crippen LogP contribution in [0, 0.1) is 5.41 Å². The Morgan fingerprint density at radius 1 is 1.32 bits per heavy atom. The number of nitrogens with two attached hydrogens (primary N) is 1. The fourth-order valence-corrected chi connectivity index (χ4v) is 2.21. The number of hydrogen-bond acceptors (Lipinski definition) is 5. The molecule has 1 amide bonds. The molecular weight excluding hydrogens is 248 g/mol. The lowest BCUT2D eigenvalue weighted by molar-refractivity contribution is -0.141. The largest absolute Gasteiger partial charge is 0.409 e. The van der Waals surface area contributed by atoms with Crippen molar-refractivity contribution in [3.8, 4) is 0 Å². The van der Waals surface area contributed by atoms with E-state index in [0.29, 0.717) is 32.6 Å². The first-order valence-corrected chi connectivity index (χ1v) is 6.40. The first-order valence-electron chi connectivity index (χ1n) is 6.40. The summed E-state index contributed by atoms with van der Waals surface area (Å²) in [5.74, 6) is -0.120. The zero-order chi connectivity index (χ0) is 14.5. The summed E-state index contributed by atoms with van der Waals surface area (Å²) in [7, 11) is 5.64. The molecule has 1 aliphatic heterocycles. The monoisotopic (exact) mass is 272 g/mol. The standard InChI is InChI=1S/C12H24N4O3/c1-15(2)6-7-16(3)11(17)12(10(13)14-18)4-8-19-9-5-12/h18H,4-9H2,1-3H3,(H2,13,14). The van der Waals surface area contributed by atoms with E-state index in [4.69, 9.17) is 15.7 Å². The summed E-state index contributed by atoms with van der Waals surface area (Å²) in [6.45, 7) is 2.27. The normalized spacial score (nSPS) is 19.5. The quantitative estimate of drug-likeness (QED) is 0.306. The number of oxime groups is 1. The number of amides is 1. The summed E-state index contributed by atoms with van der Waals surface area (Å²) >= 11 is 0. The molecule has 0 unspecified atom stereocenters. The van der Waals surface area contributed by atoms with Crippen molar-refractivity contribution < 1.29 is 14.7 Å². The Labute approximate surface area is 114 Å². The van der Waals surface area contributed by atoms with Gasteiger partial charge in [-0.05, 0) is 26.9 Å². The highest BCUT2D eigenvalue weighted by Crippen LogP contribution is 2.32. The number of carbonyl (C=O) groups is 1. The average molecular weight is 272 g/mol. The molecule has 0 aromatic heterocycles. The Hall–Kier alpha value is -1.34. The van der Waals surface area contributed by atoms with Gasteiger partial charge in [0.25, 0.3) is 0 Å². The smallest absolute Gasteiger partial charge is 0.236 e. The lowest BCUT2D eigenvalue weighted by Gasteiger charge is -2.37. The highest BCUT2D eigenvalue weighted by atomic mass is 16.5. The number of ether oxygens (including phenoxy) is 1. The molecule has 7 nitrogen and oxygen atoms in total. The summed E-state index contributed by atoms with van der Waals surface area (Å²) in [6.07, 6.45) is 0.905. The maximum absolute atomic E-state index is 12.6. The molecule has 0 bridgehead atoms. The molecule has 0 atom stereocenters. The van der Waals surface area contributed by atoms with E-state index in [1.165, 1.54) is 0 Å². The zero-order valence-corrected chi connectivity index (χ0v) is 11.9. The van der Waals surface area contributed by atoms with Crippen LogP contribution in [0.4, 0.5) is 0 Å². The van der Waals surface area contributed by atoms with Crippen molar-refractivity contribution in [1.82, 2.24) is 9.80 Å². The Kier molecular flexibility index (Phi) is 5.56. The van der Waals surface area contributed by atoms with Crippen molar-refractivity contribution in [2.45, 2.75) is 12.8 Å². The van der Waals surface area contributed by atoms with E-state index in [1.807, 2.05) is 19.0 Å². The molecule has 0 radical (unpaired) electrons. The highest BCUT2D eigenvalue weighted by molar-refractivity contribution is 6.06. The topological polar surface area (TPSA) is 91.4 Å². The van der Waals surface area contributed by atoms with Crippen LogP contribution in [0.25, 0.3) is 0 Å². The highest BCUT2D eigenvalue weighted by Gasteiger charge is 2.45. The van der Waals surface area contributed by atoms with Crippen molar-refractivity contribution in [1.29, 1.82) is 0 Å². The predicted molar refractivity (Wildman–Crippen MR) is 72.1 cm³/mol. The van der Waals surface area contributed by atoms with Crippen LogP contribution in [-0.2, 0) is 9.53 Å². The van der Waals surface area contributed by atoms with Crippen LogP contribution >= 0.6 is 0 Å². The second-order valence-corrected chi connectivity index (χ2v) is 5.21. The summed E-state index contributed by atoms with van der Waals surface area (Å²) in [5, 5.41) is 12.0. The minimum Gasteiger partial charge on any atom is -0.409 e. The first kappa shape index (κ1) is 15.7. The zero-order valence-electron chi connectivity index (χ0n) is 11.9. The van der Waals surface area contributed by atoms with Gasteiger partial charge in [0.2, 0.25) is 5.91 Å². The summed E-state index contributed by atoms with van der Waals surface area (Å²) < 4.78 is 5.28. The lowest BCUT2D eigenvalue weighted by atomic mass is 9.77. The predicted octanol–water partition coefficient (Wildman–Crippen LogP) is -0.450. The average Bonchev–Trinajstić information content (AvgIpc) is 2.43. The maximum atomic E-state index is 12.6. The summed E-state index contributed by atoms with van der Waals surface area (Å²) in [4.78, 5) is 16.3. The molecule has 0 aromatic carbocycles. The number of nitrogens with zero attached hydrogens (tertiary/aromatic N) is 3. The van der Waals surface area contributed by atoms with Gasteiger partial charge in [-0.3, -0.25) is 4.79 Å². The molecule has 7 heteroatoms. The number of carbonyl (C=O) groups excluding carboxylic acids is 1. The molecule has 1 saturated heterocycles. The van der Waals surface area contributed by atoms with Crippen molar-refractivity contribution in [2.75, 3.05) is 47.4 Å². The second-order valence-electron chi connectivity index (χ2n) is 5.21. The fourth-order valence-electron chi connectivity index (χ4n) is 2.21. The van der Waals surface area contributed by atoms with Crippen molar-refractivity contribution in [2.24, 2.45) is 16.3 Å². The van der Waals surface area contributed by atoms with Crippen molar-refractivity contribution in [3.63, 3.8) is 0 Å². The van der Waals surface area contributed by atoms with E-state index in [9.17, 15) is 4.79 Å². The van der Waals surface area contributed by atoms with Gasteiger partial charge < -0.3 is 25.5 Å². The van der Waals surface area contributed by atoms with E-state index in [-0.39, 0.29) is 11.7 Å². The molecule has 0 saturated carbocycles. The molecule has 1 aliphatic rings. The molecule has 1 rings (SSSR count). The number of likely N-dealkylation sites (N-methyl/N-ethyl adjacent to an activating group) is 2. The first-order chi connectivity index (χ1) is 8.94. The van der Waals surface area contributed by atoms with E-state index in [2.05, 4.69) is 5.16 Å². The SMILES string of the molecule is CN(C)CCN(C)C(=O)C1(C(N)=NO)CCOCC1. The number of amidine groups is 1. The molecule has 0 aromatic rings. The van der Waals surface area contributed by atoms with Gasteiger partial charge in [0.15, 0.2) is 5.84 Å². The van der Waals surface area contributed by atoms with Crippen LogP contribution in [-0.4, -0.2) is 74.2 Å². The fraction of sp³-hybridized carbons (Fsp3) is 0.833. The molecule has 1 heterocycles. The minimum absolute atomic E-state index is 0.0162. The Bertz CT molecular complexity index is 338. The third kappa shape index (κ3) is 3.57. The second kappa shape index (κ2) is 6.72. The molecule has 3 N–H and O–H groups in total. The molecule has 0 aliphatic carbocycles. The van der Waals surface area contributed by atoms with Crippen molar-refractivity contribution >= 4 is 11.7 Å².